The quantitative estimate of drug-likeness (QED) is 0.763. The summed E-state index contributed by atoms with van der Waals surface area (Å²) in [6.07, 6.45) is 3.76. The molecule has 0 saturated heterocycles. The average Bonchev–Trinajstić information content (AvgIpc) is 2.88. The van der Waals surface area contributed by atoms with E-state index < -0.39 is 17.9 Å². The Kier molecular flexibility index (Phi) is 3.58. The van der Waals surface area contributed by atoms with Crippen molar-refractivity contribution in [1.29, 1.82) is 0 Å². The number of hydrogen-bond donors (Lipinski definition) is 3. The van der Waals surface area contributed by atoms with Gasteiger partial charge in [-0.25, -0.2) is 9.78 Å². The second-order valence-electron chi connectivity index (χ2n) is 3.92. The molecular weight excluding hydrogens is 242 g/mol. The van der Waals surface area contributed by atoms with Gasteiger partial charge in [-0.05, 0) is 12.8 Å². The van der Waals surface area contributed by atoms with Crippen LogP contribution in [0.5, 0.6) is 0 Å². The molecule has 0 radical (unpaired) electrons. The molecular formula is C10H13N3O3S. The Morgan fingerprint density at radius 3 is 2.94 bits per heavy atom. The van der Waals surface area contributed by atoms with E-state index in [9.17, 15) is 9.59 Å². The highest BCUT2D eigenvalue weighted by Crippen LogP contribution is 2.25. The second-order valence-corrected chi connectivity index (χ2v) is 4.81. The molecule has 0 aliphatic heterocycles. The molecule has 2 rings (SSSR count). The minimum Gasteiger partial charge on any atom is -0.481 e. The Morgan fingerprint density at radius 2 is 2.29 bits per heavy atom. The molecule has 0 bridgehead atoms. The Balaban J connectivity index is 1.88. The smallest absolute Gasteiger partial charge is 0.321 e. The maximum Gasteiger partial charge on any atom is 0.321 e. The maximum atomic E-state index is 11.6. The zero-order valence-corrected chi connectivity index (χ0v) is 9.87. The molecule has 1 aliphatic rings. The fraction of sp³-hybridized carbons (Fsp3) is 0.500. The number of nitrogens with one attached hydrogen (secondary N) is 2. The second kappa shape index (κ2) is 5.13. The van der Waals surface area contributed by atoms with Gasteiger partial charge in [-0.3, -0.25) is 10.1 Å². The molecule has 1 fully saturated rings. The fourth-order valence-electron chi connectivity index (χ4n) is 2.02. The summed E-state index contributed by atoms with van der Waals surface area (Å²) < 4.78 is 0. The molecule has 1 aromatic heterocycles. The van der Waals surface area contributed by atoms with Crippen molar-refractivity contribution in [2.75, 3.05) is 5.32 Å². The fourth-order valence-corrected chi connectivity index (χ4v) is 2.54. The Labute approximate surface area is 102 Å². The third-order valence-corrected chi connectivity index (χ3v) is 3.49. The van der Waals surface area contributed by atoms with Gasteiger partial charge in [-0.15, -0.1) is 11.3 Å². The molecule has 1 saturated carbocycles. The molecule has 1 aliphatic carbocycles. The number of amides is 2. The average molecular weight is 255 g/mol. The van der Waals surface area contributed by atoms with Crippen LogP contribution < -0.4 is 10.6 Å². The molecule has 2 atom stereocenters. The van der Waals surface area contributed by atoms with Gasteiger partial charge < -0.3 is 10.4 Å². The number of thiazole rings is 1. The third-order valence-electron chi connectivity index (χ3n) is 2.80. The molecule has 2 amide bonds. The van der Waals surface area contributed by atoms with E-state index in [1.165, 1.54) is 11.3 Å². The first-order valence-electron chi connectivity index (χ1n) is 5.36. The van der Waals surface area contributed by atoms with Crippen molar-refractivity contribution in [2.24, 2.45) is 5.92 Å². The first kappa shape index (κ1) is 11.8. The van der Waals surface area contributed by atoms with Crippen LogP contribution in [0.15, 0.2) is 11.6 Å². The number of aromatic nitrogens is 1. The predicted molar refractivity (Wildman–Crippen MR) is 63.0 cm³/mol. The number of aliphatic carboxylic acids is 1. The molecule has 92 valence electrons. The molecule has 0 aromatic carbocycles. The number of nitrogens with zero attached hydrogens (tertiary/aromatic N) is 1. The molecule has 0 spiro atoms. The Bertz CT molecular complexity index is 407. The molecule has 6 nitrogen and oxygen atoms in total. The van der Waals surface area contributed by atoms with Gasteiger partial charge in [-0.1, -0.05) is 6.42 Å². The monoisotopic (exact) mass is 255 g/mol. The molecule has 1 aromatic rings. The summed E-state index contributed by atoms with van der Waals surface area (Å²) >= 11 is 1.32. The van der Waals surface area contributed by atoms with E-state index in [4.69, 9.17) is 5.11 Å². The lowest BCUT2D eigenvalue weighted by Crippen LogP contribution is -2.42. The van der Waals surface area contributed by atoms with Crippen molar-refractivity contribution in [1.82, 2.24) is 10.3 Å². The lowest BCUT2D eigenvalue weighted by Gasteiger charge is -2.17. The number of carboxylic acid groups (broad SMARTS) is 1. The first-order valence-corrected chi connectivity index (χ1v) is 6.24. The lowest BCUT2D eigenvalue weighted by molar-refractivity contribution is -0.142. The number of carbonyl (C=O) groups excluding carboxylic acids is 1. The van der Waals surface area contributed by atoms with E-state index in [1.54, 1.807) is 11.6 Å². The van der Waals surface area contributed by atoms with Gasteiger partial charge >= 0.3 is 12.0 Å². The highest BCUT2D eigenvalue weighted by molar-refractivity contribution is 7.13. The van der Waals surface area contributed by atoms with Crippen LogP contribution in [0.1, 0.15) is 19.3 Å². The number of hydrogen-bond acceptors (Lipinski definition) is 4. The van der Waals surface area contributed by atoms with Crippen molar-refractivity contribution >= 4 is 28.5 Å². The van der Waals surface area contributed by atoms with Crippen molar-refractivity contribution in [3.05, 3.63) is 11.6 Å². The van der Waals surface area contributed by atoms with Crippen LogP contribution >= 0.6 is 11.3 Å². The van der Waals surface area contributed by atoms with Crippen LogP contribution in [-0.2, 0) is 4.79 Å². The highest BCUT2D eigenvalue weighted by atomic mass is 32.1. The largest absolute Gasteiger partial charge is 0.481 e. The summed E-state index contributed by atoms with van der Waals surface area (Å²) in [5, 5.41) is 16.5. The molecule has 7 heteroatoms. The zero-order chi connectivity index (χ0) is 12.3. The van der Waals surface area contributed by atoms with E-state index in [2.05, 4.69) is 15.6 Å². The molecule has 3 N–H and O–H groups in total. The third kappa shape index (κ3) is 2.94. The van der Waals surface area contributed by atoms with Crippen LogP contribution in [0, 0.1) is 5.92 Å². The van der Waals surface area contributed by atoms with E-state index in [0.29, 0.717) is 18.0 Å². The van der Waals surface area contributed by atoms with Crippen LogP contribution in [0.2, 0.25) is 0 Å². The highest BCUT2D eigenvalue weighted by Gasteiger charge is 2.33. The lowest BCUT2D eigenvalue weighted by atomic mass is 10.0. The van der Waals surface area contributed by atoms with Crippen LogP contribution in [-0.4, -0.2) is 28.1 Å². The minimum atomic E-state index is -0.845. The summed E-state index contributed by atoms with van der Waals surface area (Å²) in [6.45, 7) is 0. The topological polar surface area (TPSA) is 91.3 Å². The molecule has 2 unspecified atom stereocenters. The number of carbonyl (C=O) groups is 2. The summed E-state index contributed by atoms with van der Waals surface area (Å²) in [4.78, 5) is 26.4. The SMILES string of the molecule is O=C(Nc1nccs1)NC1CCCC1C(=O)O. The van der Waals surface area contributed by atoms with Crippen LogP contribution in [0.25, 0.3) is 0 Å². The van der Waals surface area contributed by atoms with Crippen molar-refractivity contribution in [2.45, 2.75) is 25.3 Å². The van der Waals surface area contributed by atoms with Crippen molar-refractivity contribution in [3.63, 3.8) is 0 Å². The summed E-state index contributed by atoms with van der Waals surface area (Å²) in [7, 11) is 0. The van der Waals surface area contributed by atoms with Gasteiger partial charge in [0.05, 0.1) is 5.92 Å². The molecule has 1 heterocycles. The van der Waals surface area contributed by atoms with Crippen molar-refractivity contribution in [3.8, 4) is 0 Å². The number of anilines is 1. The van der Waals surface area contributed by atoms with Gasteiger partial charge in [0.2, 0.25) is 0 Å². The number of carboxylic acids is 1. The summed E-state index contributed by atoms with van der Waals surface area (Å²) in [5.41, 5.74) is 0. The Morgan fingerprint density at radius 1 is 1.47 bits per heavy atom. The van der Waals surface area contributed by atoms with Gasteiger partial charge in [0.25, 0.3) is 0 Å². The number of urea groups is 1. The first-order chi connectivity index (χ1) is 8.16. The van der Waals surface area contributed by atoms with E-state index in [1.807, 2.05) is 0 Å². The maximum absolute atomic E-state index is 11.6. The Hall–Kier alpha value is -1.63. The standard InChI is InChI=1S/C10H13N3O3S/c14-8(15)6-2-1-3-7(6)12-9(16)13-10-11-4-5-17-10/h4-7H,1-3H2,(H,14,15)(H2,11,12,13,16). The molecule has 17 heavy (non-hydrogen) atoms. The van der Waals surface area contributed by atoms with Crippen LogP contribution in [0.4, 0.5) is 9.93 Å². The minimum absolute atomic E-state index is 0.285. The normalized spacial score (nSPS) is 23.3. The predicted octanol–water partition coefficient (Wildman–Crippen LogP) is 1.52. The summed E-state index contributed by atoms with van der Waals surface area (Å²) in [6, 6.07) is -0.675. The van der Waals surface area contributed by atoms with E-state index in [-0.39, 0.29) is 6.04 Å². The van der Waals surface area contributed by atoms with Gasteiger partial charge in [0.1, 0.15) is 0 Å². The van der Waals surface area contributed by atoms with Gasteiger partial charge in [0.15, 0.2) is 5.13 Å². The number of rotatable bonds is 3. The van der Waals surface area contributed by atoms with Crippen LogP contribution in [0.3, 0.4) is 0 Å². The zero-order valence-electron chi connectivity index (χ0n) is 9.05. The summed E-state index contributed by atoms with van der Waals surface area (Å²) in [5.74, 6) is -1.32. The van der Waals surface area contributed by atoms with Crippen molar-refractivity contribution < 1.29 is 14.7 Å². The van der Waals surface area contributed by atoms with Gasteiger partial charge in [0, 0.05) is 17.6 Å². The van der Waals surface area contributed by atoms with Gasteiger partial charge in [-0.2, -0.15) is 0 Å². The van der Waals surface area contributed by atoms with E-state index >= 15 is 0 Å². The van der Waals surface area contributed by atoms with E-state index in [0.717, 1.165) is 6.42 Å².